The molecule has 11 heteroatoms. The van der Waals surface area contributed by atoms with Gasteiger partial charge in [0.25, 0.3) is 5.56 Å². The Morgan fingerprint density at radius 2 is 1.97 bits per heavy atom. The number of amides is 2. The summed E-state index contributed by atoms with van der Waals surface area (Å²) in [6.45, 7) is 8.40. The molecule has 0 aromatic carbocycles. The van der Waals surface area contributed by atoms with Gasteiger partial charge >= 0.3 is 0 Å². The van der Waals surface area contributed by atoms with Crippen molar-refractivity contribution >= 4 is 29.3 Å². The van der Waals surface area contributed by atoms with Crippen molar-refractivity contribution in [3.63, 3.8) is 0 Å². The first kappa shape index (κ1) is 23.0. The number of hydrogen-bond acceptors (Lipinski definition) is 8. The fourth-order valence-electron chi connectivity index (χ4n) is 3.90. The number of H-pyrrole nitrogens is 1. The summed E-state index contributed by atoms with van der Waals surface area (Å²) >= 11 is 0. The van der Waals surface area contributed by atoms with E-state index < -0.39 is 5.56 Å². The van der Waals surface area contributed by atoms with Crippen LogP contribution in [0, 0.1) is 13.8 Å². The molecular formula is C21H29N7O4. The molecule has 1 aliphatic rings. The molecule has 32 heavy (non-hydrogen) atoms. The Balaban J connectivity index is 2.02. The number of fused-ring (bicyclic) bond motifs is 1. The molecule has 3 N–H and O–H groups in total. The van der Waals surface area contributed by atoms with Crippen LogP contribution in [0.25, 0.3) is 0 Å². The lowest BCUT2D eigenvalue weighted by Gasteiger charge is -2.36. The van der Waals surface area contributed by atoms with E-state index in [4.69, 9.17) is 10.5 Å². The first-order valence-electron chi connectivity index (χ1n) is 10.4. The Morgan fingerprint density at radius 3 is 2.59 bits per heavy atom. The van der Waals surface area contributed by atoms with Gasteiger partial charge in [-0.3, -0.25) is 29.3 Å². The van der Waals surface area contributed by atoms with Crippen molar-refractivity contribution in [3.8, 4) is 5.75 Å². The molecule has 2 aromatic heterocycles. The zero-order chi connectivity index (χ0) is 23.6. The molecule has 0 spiro atoms. The van der Waals surface area contributed by atoms with E-state index in [1.54, 1.807) is 23.1 Å². The molecule has 0 fully saturated rings. The number of rotatable bonds is 7. The van der Waals surface area contributed by atoms with Gasteiger partial charge in [-0.2, -0.15) is 4.98 Å². The van der Waals surface area contributed by atoms with E-state index in [0.717, 1.165) is 11.1 Å². The number of nitrogens with one attached hydrogen (secondary N) is 1. The van der Waals surface area contributed by atoms with E-state index in [0.29, 0.717) is 24.5 Å². The third-order valence-corrected chi connectivity index (χ3v) is 5.59. The van der Waals surface area contributed by atoms with Crippen LogP contribution in [0.5, 0.6) is 5.75 Å². The third kappa shape index (κ3) is 4.23. The van der Waals surface area contributed by atoms with Crippen molar-refractivity contribution in [1.29, 1.82) is 0 Å². The Morgan fingerprint density at radius 1 is 1.28 bits per heavy atom. The number of ether oxygens (including phenoxy) is 1. The zero-order valence-electron chi connectivity index (χ0n) is 19.1. The number of carbonyl (C=O) groups is 2. The first-order chi connectivity index (χ1) is 15.2. The number of aryl methyl sites for hydroxylation is 1. The van der Waals surface area contributed by atoms with Gasteiger partial charge in [-0.25, -0.2) is 0 Å². The van der Waals surface area contributed by atoms with Crippen LogP contribution >= 0.6 is 0 Å². The van der Waals surface area contributed by atoms with Crippen molar-refractivity contribution in [1.82, 2.24) is 19.9 Å². The summed E-state index contributed by atoms with van der Waals surface area (Å²) in [7, 11) is 1.59. The van der Waals surface area contributed by atoms with Gasteiger partial charge in [-0.1, -0.05) is 0 Å². The van der Waals surface area contributed by atoms with Crippen LogP contribution in [0.3, 0.4) is 0 Å². The van der Waals surface area contributed by atoms with Crippen LogP contribution in [-0.2, 0) is 16.1 Å². The van der Waals surface area contributed by atoms with E-state index in [1.807, 2.05) is 27.7 Å². The maximum atomic E-state index is 13.0. The highest BCUT2D eigenvalue weighted by molar-refractivity contribution is 6.05. The highest BCUT2D eigenvalue weighted by Crippen LogP contribution is 2.31. The number of pyridine rings is 1. The predicted octanol–water partition coefficient (Wildman–Crippen LogP) is 0.594. The number of aromatic nitrogens is 3. The average molecular weight is 444 g/mol. The number of anilines is 3. The van der Waals surface area contributed by atoms with Gasteiger partial charge < -0.3 is 20.3 Å². The Labute approximate surface area is 186 Å². The summed E-state index contributed by atoms with van der Waals surface area (Å²) in [4.78, 5) is 54.1. The van der Waals surface area contributed by atoms with Crippen molar-refractivity contribution in [2.75, 3.05) is 48.8 Å². The Hall–Kier alpha value is -3.63. The number of likely N-dealkylation sites (N-methyl/N-ethyl adjacent to an activating group) is 1. The molecule has 3 heterocycles. The number of hydrogen-bond donors (Lipinski definition) is 2. The highest BCUT2D eigenvalue weighted by Gasteiger charge is 2.35. The van der Waals surface area contributed by atoms with Gasteiger partial charge in [-0.15, -0.1) is 0 Å². The second-order valence-corrected chi connectivity index (χ2v) is 7.57. The molecule has 11 nitrogen and oxygen atoms in total. The number of carbonyl (C=O) groups excluding carboxylic acids is 2. The van der Waals surface area contributed by atoms with Gasteiger partial charge in [0.15, 0.2) is 11.5 Å². The van der Waals surface area contributed by atoms with Gasteiger partial charge in [0.2, 0.25) is 17.8 Å². The summed E-state index contributed by atoms with van der Waals surface area (Å²) in [5.74, 6) is 0.239. The SMILES string of the molecule is CCN(CC)C(=O)CN1C(=O)CN(Cc2ncc(C)c(OC)c2C)c2nc(N)[nH]c(=O)c21. The van der Waals surface area contributed by atoms with E-state index in [9.17, 15) is 14.4 Å². The minimum Gasteiger partial charge on any atom is -0.496 e. The zero-order valence-corrected chi connectivity index (χ0v) is 19.1. The molecule has 0 unspecified atom stereocenters. The lowest BCUT2D eigenvalue weighted by atomic mass is 10.1. The summed E-state index contributed by atoms with van der Waals surface area (Å²) in [6, 6.07) is 0. The highest BCUT2D eigenvalue weighted by atomic mass is 16.5. The fraction of sp³-hybridized carbons (Fsp3) is 0.476. The molecule has 1 aliphatic heterocycles. The smallest absolute Gasteiger partial charge is 0.278 e. The predicted molar refractivity (Wildman–Crippen MR) is 121 cm³/mol. The topological polar surface area (TPSA) is 138 Å². The van der Waals surface area contributed by atoms with Crippen molar-refractivity contribution in [2.45, 2.75) is 34.2 Å². The van der Waals surface area contributed by atoms with Crippen molar-refractivity contribution < 1.29 is 14.3 Å². The maximum Gasteiger partial charge on any atom is 0.278 e. The minimum atomic E-state index is -0.580. The number of aromatic amines is 1. The van der Waals surface area contributed by atoms with Crippen LogP contribution in [0.4, 0.5) is 17.5 Å². The Kier molecular flexibility index (Phi) is 6.66. The molecule has 0 atom stereocenters. The number of nitrogens with two attached hydrogens (primary N) is 1. The quantitative estimate of drug-likeness (QED) is 0.634. The van der Waals surface area contributed by atoms with E-state index >= 15 is 0 Å². The summed E-state index contributed by atoms with van der Waals surface area (Å²) in [5.41, 5.74) is 7.63. The van der Waals surface area contributed by atoms with E-state index in [1.165, 1.54) is 4.90 Å². The molecule has 172 valence electrons. The van der Waals surface area contributed by atoms with Crippen molar-refractivity contribution in [2.24, 2.45) is 0 Å². The molecule has 0 radical (unpaired) electrons. The normalized spacial score (nSPS) is 13.2. The van der Waals surface area contributed by atoms with Gasteiger partial charge in [0, 0.05) is 30.4 Å². The molecule has 0 aliphatic carbocycles. The second kappa shape index (κ2) is 9.25. The van der Waals surface area contributed by atoms with Crippen LogP contribution in [0.2, 0.25) is 0 Å². The van der Waals surface area contributed by atoms with Gasteiger partial charge in [-0.05, 0) is 27.7 Å². The maximum absolute atomic E-state index is 13.0. The standard InChI is InChI=1S/C21H29N7O4/c1-6-26(7-2)15(29)11-28-16(30)10-27(19-17(28)20(31)25-21(22)24-19)9-14-13(4)18(32-5)12(3)8-23-14/h8H,6-7,9-11H2,1-5H3,(H3,22,24,25,31). The second-order valence-electron chi connectivity index (χ2n) is 7.57. The molecule has 2 aromatic rings. The van der Waals surface area contributed by atoms with Crippen LogP contribution in [0.1, 0.15) is 30.7 Å². The minimum absolute atomic E-state index is 0.00712. The summed E-state index contributed by atoms with van der Waals surface area (Å²) in [6.07, 6.45) is 1.70. The largest absolute Gasteiger partial charge is 0.496 e. The van der Waals surface area contributed by atoms with Crippen LogP contribution < -0.4 is 25.8 Å². The van der Waals surface area contributed by atoms with Crippen molar-refractivity contribution in [3.05, 3.63) is 33.4 Å². The molecule has 0 bridgehead atoms. The Bertz CT molecular complexity index is 1090. The van der Waals surface area contributed by atoms with Gasteiger partial charge in [0.1, 0.15) is 12.3 Å². The monoisotopic (exact) mass is 443 g/mol. The van der Waals surface area contributed by atoms with Crippen LogP contribution in [0.15, 0.2) is 11.0 Å². The van der Waals surface area contributed by atoms with Gasteiger partial charge in [0.05, 0.1) is 25.9 Å². The van der Waals surface area contributed by atoms with Crippen LogP contribution in [-0.4, -0.2) is 65.0 Å². The van der Waals surface area contributed by atoms with E-state index in [2.05, 4.69) is 15.0 Å². The summed E-state index contributed by atoms with van der Waals surface area (Å²) < 4.78 is 5.47. The number of methoxy groups -OCH3 is 1. The summed E-state index contributed by atoms with van der Waals surface area (Å²) in [5, 5.41) is 0. The molecule has 0 saturated carbocycles. The van der Waals surface area contributed by atoms with E-state index in [-0.39, 0.29) is 48.9 Å². The molecular weight excluding hydrogens is 414 g/mol. The molecule has 2 amide bonds. The molecule has 0 saturated heterocycles. The first-order valence-corrected chi connectivity index (χ1v) is 10.4. The third-order valence-electron chi connectivity index (χ3n) is 5.59. The lowest BCUT2D eigenvalue weighted by Crippen LogP contribution is -2.52. The lowest BCUT2D eigenvalue weighted by molar-refractivity contribution is -0.131. The molecule has 3 rings (SSSR count). The number of nitrogens with zero attached hydrogens (tertiary/aromatic N) is 5. The average Bonchev–Trinajstić information content (AvgIpc) is 2.74. The fourth-order valence-corrected chi connectivity index (χ4v) is 3.90. The number of nitrogen functional groups attached to an aromatic ring is 1.